The maximum atomic E-state index is 12.5. The zero-order valence-electron chi connectivity index (χ0n) is 14.8. The third-order valence-electron chi connectivity index (χ3n) is 3.60. The van der Waals surface area contributed by atoms with Gasteiger partial charge in [-0.25, -0.2) is 9.59 Å². The molecule has 0 saturated carbocycles. The molecule has 0 aromatic carbocycles. The maximum Gasteiger partial charge on any atom is 0.410 e. The van der Waals surface area contributed by atoms with Gasteiger partial charge in [0.25, 0.3) is 0 Å². The van der Waals surface area contributed by atoms with E-state index in [9.17, 15) is 14.4 Å². The number of esters is 1. The van der Waals surface area contributed by atoms with Crippen molar-refractivity contribution in [2.24, 2.45) is 5.92 Å². The molecule has 2 amide bonds. The van der Waals surface area contributed by atoms with Crippen LogP contribution >= 0.6 is 0 Å². The summed E-state index contributed by atoms with van der Waals surface area (Å²) in [7, 11) is 1.28. The van der Waals surface area contributed by atoms with Crippen molar-refractivity contribution >= 4 is 18.0 Å². The van der Waals surface area contributed by atoms with Crippen LogP contribution in [0.3, 0.4) is 0 Å². The molecule has 2 unspecified atom stereocenters. The number of ether oxygens (including phenoxy) is 2. The quantitative estimate of drug-likeness (QED) is 0.794. The third-order valence-corrected chi connectivity index (χ3v) is 3.60. The van der Waals surface area contributed by atoms with E-state index in [0.29, 0.717) is 13.0 Å². The maximum absolute atomic E-state index is 12.5. The summed E-state index contributed by atoms with van der Waals surface area (Å²) in [5.74, 6) is -0.949. The molecule has 1 fully saturated rings. The summed E-state index contributed by atoms with van der Waals surface area (Å²) >= 11 is 0. The normalized spacial score (nSPS) is 19.4. The number of nitrogens with zero attached hydrogens (tertiary/aromatic N) is 1. The molecule has 132 valence electrons. The minimum atomic E-state index is -0.728. The lowest BCUT2D eigenvalue weighted by molar-refractivity contribution is -0.146. The molecule has 0 aromatic heterocycles. The molecule has 1 saturated heterocycles. The van der Waals surface area contributed by atoms with Gasteiger partial charge in [0.2, 0.25) is 5.91 Å². The van der Waals surface area contributed by atoms with Gasteiger partial charge in [-0.2, -0.15) is 0 Å². The molecular weight excluding hydrogens is 300 g/mol. The Bertz CT molecular complexity index is 456. The van der Waals surface area contributed by atoms with Crippen LogP contribution in [0.15, 0.2) is 0 Å². The number of methoxy groups -OCH3 is 1. The lowest BCUT2D eigenvalue weighted by atomic mass is 10.0. The predicted octanol–water partition coefficient (Wildman–Crippen LogP) is 1.70. The predicted molar refractivity (Wildman–Crippen MR) is 84.7 cm³/mol. The van der Waals surface area contributed by atoms with Crippen molar-refractivity contribution in [1.29, 1.82) is 0 Å². The highest BCUT2D eigenvalue weighted by molar-refractivity contribution is 5.90. The largest absolute Gasteiger partial charge is 0.467 e. The second-order valence-corrected chi connectivity index (χ2v) is 7.09. The van der Waals surface area contributed by atoms with Gasteiger partial charge in [0.1, 0.15) is 17.7 Å². The number of likely N-dealkylation sites (tertiary alicyclic amines) is 1. The van der Waals surface area contributed by atoms with Crippen LogP contribution in [0.1, 0.15) is 47.5 Å². The summed E-state index contributed by atoms with van der Waals surface area (Å²) < 4.78 is 10.1. The smallest absolute Gasteiger partial charge is 0.410 e. The van der Waals surface area contributed by atoms with Gasteiger partial charge in [-0.05, 0) is 39.5 Å². The topological polar surface area (TPSA) is 84.9 Å². The Hall–Kier alpha value is -1.79. The van der Waals surface area contributed by atoms with Crippen LogP contribution in [0.4, 0.5) is 4.79 Å². The van der Waals surface area contributed by atoms with Crippen molar-refractivity contribution in [3.8, 4) is 0 Å². The van der Waals surface area contributed by atoms with E-state index in [1.54, 1.807) is 20.8 Å². The van der Waals surface area contributed by atoms with E-state index in [1.807, 2.05) is 13.8 Å². The van der Waals surface area contributed by atoms with E-state index in [4.69, 9.17) is 9.47 Å². The lowest BCUT2D eigenvalue weighted by Gasteiger charge is -2.29. The first-order valence-corrected chi connectivity index (χ1v) is 7.94. The van der Waals surface area contributed by atoms with Crippen molar-refractivity contribution in [2.45, 2.75) is 65.1 Å². The van der Waals surface area contributed by atoms with Crippen molar-refractivity contribution in [2.75, 3.05) is 13.7 Å². The molecule has 0 radical (unpaired) electrons. The second-order valence-electron chi connectivity index (χ2n) is 7.09. The SMILES string of the molecule is COC(=O)C(NC(=O)C1CCCN1C(=O)OC(C)(C)C)C(C)C. The average Bonchev–Trinajstić information content (AvgIpc) is 2.91. The fourth-order valence-corrected chi connectivity index (χ4v) is 2.45. The van der Waals surface area contributed by atoms with E-state index in [-0.39, 0.29) is 11.8 Å². The molecule has 2 atom stereocenters. The van der Waals surface area contributed by atoms with Gasteiger partial charge in [0.15, 0.2) is 0 Å². The molecule has 7 heteroatoms. The third kappa shape index (κ3) is 5.41. The summed E-state index contributed by atoms with van der Waals surface area (Å²) in [6, 6.07) is -1.34. The lowest BCUT2D eigenvalue weighted by Crippen LogP contribution is -2.53. The van der Waals surface area contributed by atoms with Crippen LogP contribution in [0.25, 0.3) is 0 Å². The van der Waals surface area contributed by atoms with E-state index in [0.717, 1.165) is 6.42 Å². The first-order chi connectivity index (χ1) is 10.6. The summed E-state index contributed by atoms with van der Waals surface area (Å²) in [6.07, 6.45) is 0.771. The van der Waals surface area contributed by atoms with Crippen molar-refractivity contribution in [1.82, 2.24) is 10.2 Å². The van der Waals surface area contributed by atoms with Gasteiger partial charge in [0, 0.05) is 6.54 Å². The molecule has 1 aliphatic heterocycles. The van der Waals surface area contributed by atoms with Gasteiger partial charge in [0.05, 0.1) is 7.11 Å². The minimum Gasteiger partial charge on any atom is -0.467 e. The number of hydrogen-bond acceptors (Lipinski definition) is 5. The molecule has 1 rings (SSSR count). The molecule has 0 aliphatic carbocycles. The highest BCUT2D eigenvalue weighted by Gasteiger charge is 2.38. The van der Waals surface area contributed by atoms with Crippen LogP contribution in [-0.4, -0.2) is 54.2 Å². The number of carbonyl (C=O) groups is 3. The standard InChI is InChI=1S/C16H28N2O5/c1-10(2)12(14(20)22-6)17-13(19)11-8-7-9-18(11)15(21)23-16(3,4)5/h10-12H,7-9H2,1-6H3,(H,17,19). The second kappa shape index (κ2) is 7.66. The fraction of sp³-hybridized carbons (Fsp3) is 0.812. The number of nitrogens with one attached hydrogen (secondary N) is 1. The van der Waals surface area contributed by atoms with Crippen molar-refractivity contribution in [3.05, 3.63) is 0 Å². The molecule has 7 nitrogen and oxygen atoms in total. The van der Waals surface area contributed by atoms with E-state index in [2.05, 4.69) is 5.32 Å². The number of carbonyl (C=O) groups excluding carboxylic acids is 3. The number of hydrogen-bond donors (Lipinski definition) is 1. The Balaban J connectivity index is 2.77. The first-order valence-electron chi connectivity index (χ1n) is 7.94. The minimum absolute atomic E-state index is 0.109. The van der Waals surface area contributed by atoms with Gasteiger partial charge in [-0.1, -0.05) is 13.8 Å². The van der Waals surface area contributed by atoms with Gasteiger partial charge in [-0.15, -0.1) is 0 Å². The average molecular weight is 328 g/mol. The fourth-order valence-electron chi connectivity index (χ4n) is 2.45. The van der Waals surface area contributed by atoms with Gasteiger partial charge >= 0.3 is 12.1 Å². The Morgan fingerprint density at radius 2 is 1.83 bits per heavy atom. The Morgan fingerprint density at radius 1 is 1.22 bits per heavy atom. The monoisotopic (exact) mass is 328 g/mol. The number of rotatable bonds is 4. The van der Waals surface area contributed by atoms with Crippen LogP contribution < -0.4 is 5.32 Å². The van der Waals surface area contributed by atoms with Crippen LogP contribution in [0.5, 0.6) is 0 Å². The molecule has 0 spiro atoms. The van der Waals surface area contributed by atoms with E-state index < -0.39 is 29.7 Å². The molecule has 0 aromatic rings. The van der Waals surface area contributed by atoms with Crippen LogP contribution in [-0.2, 0) is 19.1 Å². The zero-order valence-corrected chi connectivity index (χ0v) is 14.8. The molecule has 1 heterocycles. The molecule has 1 N–H and O–H groups in total. The number of amides is 2. The molecule has 0 bridgehead atoms. The van der Waals surface area contributed by atoms with Crippen LogP contribution in [0, 0.1) is 5.92 Å². The molecule has 23 heavy (non-hydrogen) atoms. The highest BCUT2D eigenvalue weighted by atomic mass is 16.6. The first kappa shape index (κ1) is 19.3. The summed E-state index contributed by atoms with van der Waals surface area (Å²) in [5.41, 5.74) is -0.618. The molecule has 1 aliphatic rings. The Labute approximate surface area is 137 Å². The van der Waals surface area contributed by atoms with Gasteiger partial charge in [-0.3, -0.25) is 9.69 Å². The zero-order chi connectivity index (χ0) is 17.8. The van der Waals surface area contributed by atoms with Crippen LogP contribution in [0.2, 0.25) is 0 Å². The summed E-state index contributed by atoms with van der Waals surface area (Å²) in [6.45, 7) is 9.45. The van der Waals surface area contributed by atoms with E-state index in [1.165, 1.54) is 12.0 Å². The highest BCUT2D eigenvalue weighted by Crippen LogP contribution is 2.21. The Kier molecular flexibility index (Phi) is 6.41. The van der Waals surface area contributed by atoms with Gasteiger partial charge < -0.3 is 14.8 Å². The van der Waals surface area contributed by atoms with Crippen molar-refractivity contribution in [3.63, 3.8) is 0 Å². The Morgan fingerprint density at radius 3 is 2.30 bits per heavy atom. The summed E-state index contributed by atoms with van der Waals surface area (Å²) in [4.78, 5) is 37.9. The van der Waals surface area contributed by atoms with Crippen molar-refractivity contribution < 1.29 is 23.9 Å². The molecular formula is C16H28N2O5. The van der Waals surface area contributed by atoms with E-state index >= 15 is 0 Å². The summed E-state index contributed by atoms with van der Waals surface area (Å²) in [5, 5.41) is 2.69.